The van der Waals surface area contributed by atoms with Crippen LogP contribution in [0.2, 0.25) is 0 Å². The fourth-order valence-electron chi connectivity index (χ4n) is 2.34. The van der Waals surface area contributed by atoms with Crippen molar-refractivity contribution >= 4 is 5.97 Å². The zero-order valence-electron chi connectivity index (χ0n) is 10.2. The molecule has 1 saturated carbocycles. The van der Waals surface area contributed by atoms with Crippen LogP contribution >= 0.6 is 0 Å². The van der Waals surface area contributed by atoms with Crippen LogP contribution in [0.3, 0.4) is 0 Å². The van der Waals surface area contributed by atoms with Crippen LogP contribution < -0.4 is 0 Å². The molecule has 1 aromatic carbocycles. The molecule has 0 unspecified atom stereocenters. The smallest absolute Gasteiger partial charge is 0.307 e. The lowest BCUT2D eigenvalue weighted by atomic mass is 10.1. The molecule has 5 heteroatoms. The summed E-state index contributed by atoms with van der Waals surface area (Å²) < 4.78 is 15.8. The Morgan fingerprint density at radius 2 is 2.37 bits per heavy atom. The Hall–Kier alpha value is -2.17. The van der Waals surface area contributed by atoms with Gasteiger partial charge in [0.1, 0.15) is 5.82 Å². The highest BCUT2D eigenvalue weighted by Gasteiger charge is 2.44. The van der Waals surface area contributed by atoms with E-state index in [0.29, 0.717) is 18.5 Å². The average molecular weight is 260 g/mol. The summed E-state index contributed by atoms with van der Waals surface area (Å²) >= 11 is 0. The molecule has 98 valence electrons. The van der Waals surface area contributed by atoms with Gasteiger partial charge in [-0.2, -0.15) is 0 Å². The highest BCUT2D eigenvalue weighted by molar-refractivity contribution is 5.75. The number of aromatic nitrogens is 2. The second-order valence-corrected chi connectivity index (χ2v) is 4.87. The molecule has 1 N–H and O–H groups in total. The van der Waals surface area contributed by atoms with Crippen LogP contribution in [0.5, 0.6) is 0 Å². The van der Waals surface area contributed by atoms with Gasteiger partial charge in [0.05, 0.1) is 18.8 Å². The first-order chi connectivity index (χ1) is 9.15. The summed E-state index contributed by atoms with van der Waals surface area (Å²) in [4.78, 5) is 14.7. The molecule has 1 heterocycles. The maximum atomic E-state index is 14.0. The van der Waals surface area contributed by atoms with Gasteiger partial charge in [0, 0.05) is 18.0 Å². The van der Waals surface area contributed by atoms with Crippen LogP contribution in [0.1, 0.15) is 23.5 Å². The molecule has 0 saturated heterocycles. The molecule has 0 radical (unpaired) electrons. The maximum absolute atomic E-state index is 14.0. The Bertz CT molecular complexity index is 610. The van der Waals surface area contributed by atoms with E-state index in [2.05, 4.69) is 4.98 Å². The Morgan fingerprint density at radius 1 is 1.53 bits per heavy atom. The van der Waals surface area contributed by atoms with E-state index in [0.717, 1.165) is 5.56 Å². The third-order valence-electron chi connectivity index (χ3n) is 3.53. The molecule has 19 heavy (non-hydrogen) atoms. The van der Waals surface area contributed by atoms with E-state index < -0.39 is 5.97 Å². The number of hydrogen-bond donors (Lipinski definition) is 1. The minimum Gasteiger partial charge on any atom is -0.481 e. The molecule has 1 aliphatic rings. The van der Waals surface area contributed by atoms with Crippen molar-refractivity contribution in [2.75, 3.05) is 0 Å². The van der Waals surface area contributed by atoms with Crippen molar-refractivity contribution in [2.24, 2.45) is 5.92 Å². The monoisotopic (exact) mass is 260 g/mol. The summed E-state index contributed by atoms with van der Waals surface area (Å²) in [7, 11) is 0. The Morgan fingerprint density at radius 3 is 2.95 bits per heavy atom. The molecule has 0 bridgehead atoms. The number of carbonyl (C=O) groups is 1. The summed E-state index contributed by atoms with van der Waals surface area (Å²) in [6.07, 6.45) is 5.66. The molecule has 0 aliphatic heterocycles. The van der Waals surface area contributed by atoms with Crippen molar-refractivity contribution in [3.8, 4) is 0 Å². The molecule has 1 aliphatic carbocycles. The first kappa shape index (κ1) is 11.9. The number of aliphatic carboxylic acids is 1. The van der Waals surface area contributed by atoms with E-state index in [-0.39, 0.29) is 17.7 Å². The largest absolute Gasteiger partial charge is 0.481 e. The molecule has 0 spiro atoms. The predicted octanol–water partition coefficient (Wildman–Crippen LogP) is 2.26. The second-order valence-electron chi connectivity index (χ2n) is 4.87. The van der Waals surface area contributed by atoms with Crippen LogP contribution in [-0.2, 0) is 11.3 Å². The van der Waals surface area contributed by atoms with Crippen molar-refractivity contribution in [3.63, 3.8) is 0 Å². The van der Waals surface area contributed by atoms with E-state index in [4.69, 9.17) is 5.11 Å². The van der Waals surface area contributed by atoms with Crippen LogP contribution in [0.15, 0.2) is 36.9 Å². The summed E-state index contributed by atoms with van der Waals surface area (Å²) in [5, 5.41) is 8.88. The van der Waals surface area contributed by atoms with E-state index in [9.17, 15) is 9.18 Å². The van der Waals surface area contributed by atoms with Gasteiger partial charge in [0.15, 0.2) is 0 Å². The third-order valence-corrected chi connectivity index (χ3v) is 3.53. The molecule has 3 rings (SSSR count). The standard InChI is InChI=1S/C14H13FN2O2/c15-13-5-9(11-6-12(11)14(18)19)1-2-10(13)7-17-4-3-16-8-17/h1-5,8,11-12H,6-7H2,(H,18,19)/t11-,12+/m0/s1. The first-order valence-corrected chi connectivity index (χ1v) is 6.12. The van der Waals surface area contributed by atoms with Crippen LogP contribution in [-0.4, -0.2) is 20.6 Å². The lowest BCUT2D eigenvalue weighted by Crippen LogP contribution is -2.02. The fraction of sp³-hybridized carbons (Fsp3) is 0.286. The SMILES string of the molecule is O=C(O)[C@@H]1C[C@H]1c1ccc(Cn2ccnc2)c(F)c1. The van der Waals surface area contributed by atoms with E-state index in [1.54, 1.807) is 29.4 Å². The van der Waals surface area contributed by atoms with Crippen molar-refractivity contribution in [1.82, 2.24) is 9.55 Å². The second kappa shape index (κ2) is 4.50. The average Bonchev–Trinajstić information content (AvgIpc) is 3.03. The number of nitrogens with zero attached hydrogens (tertiary/aromatic N) is 2. The summed E-state index contributed by atoms with van der Waals surface area (Å²) in [6.45, 7) is 0.430. The Balaban J connectivity index is 1.77. The summed E-state index contributed by atoms with van der Waals surface area (Å²) in [5.74, 6) is -1.47. The number of carboxylic acid groups (broad SMARTS) is 1. The number of carboxylic acids is 1. The molecule has 4 nitrogen and oxygen atoms in total. The Kier molecular flexibility index (Phi) is 2.81. The number of hydrogen-bond acceptors (Lipinski definition) is 2. The zero-order chi connectivity index (χ0) is 13.4. The quantitative estimate of drug-likeness (QED) is 0.917. The van der Waals surface area contributed by atoms with E-state index in [1.165, 1.54) is 6.07 Å². The molecule has 2 atom stereocenters. The number of halogens is 1. The van der Waals surface area contributed by atoms with Crippen LogP contribution in [0.4, 0.5) is 4.39 Å². The number of rotatable bonds is 4. The Labute approximate surface area is 109 Å². The van der Waals surface area contributed by atoms with Gasteiger partial charge in [-0.25, -0.2) is 9.37 Å². The highest BCUT2D eigenvalue weighted by Crippen LogP contribution is 2.47. The van der Waals surface area contributed by atoms with Gasteiger partial charge in [-0.05, 0) is 24.0 Å². The van der Waals surface area contributed by atoms with Crippen molar-refractivity contribution in [1.29, 1.82) is 0 Å². The minimum absolute atomic E-state index is 0.0331. The molecular formula is C14H13FN2O2. The third kappa shape index (κ3) is 2.36. The lowest BCUT2D eigenvalue weighted by Gasteiger charge is -2.06. The fourth-order valence-corrected chi connectivity index (χ4v) is 2.34. The van der Waals surface area contributed by atoms with Gasteiger partial charge in [-0.1, -0.05) is 12.1 Å². The number of benzene rings is 1. The summed E-state index contributed by atoms with van der Waals surface area (Å²) in [6, 6.07) is 5.00. The normalized spacial score (nSPS) is 21.3. The van der Waals surface area contributed by atoms with Gasteiger partial charge in [-0.3, -0.25) is 4.79 Å². The molecule has 0 amide bonds. The topological polar surface area (TPSA) is 55.1 Å². The molecule has 1 aromatic heterocycles. The molecule has 1 fully saturated rings. The van der Waals surface area contributed by atoms with Gasteiger partial charge < -0.3 is 9.67 Å². The van der Waals surface area contributed by atoms with Crippen molar-refractivity contribution < 1.29 is 14.3 Å². The zero-order valence-corrected chi connectivity index (χ0v) is 10.2. The lowest BCUT2D eigenvalue weighted by molar-refractivity contribution is -0.138. The van der Waals surface area contributed by atoms with Gasteiger partial charge in [-0.15, -0.1) is 0 Å². The predicted molar refractivity (Wildman–Crippen MR) is 66.2 cm³/mol. The maximum Gasteiger partial charge on any atom is 0.307 e. The number of imidazole rings is 1. The van der Waals surface area contributed by atoms with E-state index >= 15 is 0 Å². The molecular weight excluding hydrogens is 247 g/mol. The van der Waals surface area contributed by atoms with Crippen LogP contribution in [0, 0.1) is 11.7 Å². The highest BCUT2D eigenvalue weighted by atomic mass is 19.1. The van der Waals surface area contributed by atoms with Gasteiger partial charge in [0.25, 0.3) is 0 Å². The minimum atomic E-state index is -0.798. The van der Waals surface area contributed by atoms with Crippen LogP contribution in [0.25, 0.3) is 0 Å². The van der Waals surface area contributed by atoms with Gasteiger partial charge >= 0.3 is 5.97 Å². The summed E-state index contributed by atoms with van der Waals surface area (Å²) in [5.41, 5.74) is 1.36. The first-order valence-electron chi connectivity index (χ1n) is 6.12. The van der Waals surface area contributed by atoms with Gasteiger partial charge in [0.2, 0.25) is 0 Å². The molecule has 2 aromatic rings. The van der Waals surface area contributed by atoms with Crippen molar-refractivity contribution in [3.05, 3.63) is 53.9 Å². The van der Waals surface area contributed by atoms with Crippen molar-refractivity contribution in [2.45, 2.75) is 18.9 Å². The van der Waals surface area contributed by atoms with E-state index in [1.807, 2.05) is 6.07 Å².